The second-order valence-corrected chi connectivity index (χ2v) is 8.46. The number of hydrogen-bond donors (Lipinski definition) is 2. The number of hydrogen-bond acceptors (Lipinski definition) is 4. The van der Waals surface area contributed by atoms with Crippen LogP contribution in [0.15, 0.2) is 24.3 Å². The van der Waals surface area contributed by atoms with Crippen molar-refractivity contribution in [1.82, 2.24) is 10.0 Å². The molecule has 0 amide bonds. The second-order valence-electron chi connectivity index (χ2n) is 6.42. The van der Waals surface area contributed by atoms with Crippen molar-refractivity contribution in [2.45, 2.75) is 39.2 Å². The highest BCUT2D eigenvalue weighted by molar-refractivity contribution is 7.89. The summed E-state index contributed by atoms with van der Waals surface area (Å²) in [4.78, 5) is 0. The predicted octanol–water partition coefficient (Wildman–Crippen LogP) is 2.11. The van der Waals surface area contributed by atoms with Crippen molar-refractivity contribution >= 4 is 10.0 Å². The van der Waals surface area contributed by atoms with Gasteiger partial charge in [0.25, 0.3) is 0 Å². The molecule has 1 aliphatic rings. The van der Waals surface area contributed by atoms with Crippen molar-refractivity contribution in [3.63, 3.8) is 0 Å². The molecule has 0 unspecified atom stereocenters. The SMILES string of the molecule is CCS(=O)(=O)N[C@H]1CCNC[C@@H]1COc1ccc(C(C)C)cc1. The summed E-state index contributed by atoms with van der Waals surface area (Å²) in [6.45, 7) is 8.08. The fourth-order valence-electron chi connectivity index (χ4n) is 2.72. The highest BCUT2D eigenvalue weighted by atomic mass is 32.2. The van der Waals surface area contributed by atoms with E-state index in [1.54, 1.807) is 6.92 Å². The molecule has 2 atom stereocenters. The van der Waals surface area contributed by atoms with E-state index in [4.69, 9.17) is 4.74 Å². The summed E-state index contributed by atoms with van der Waals surface area (Å²) >= 11 is 0. The van der Waals surface area contributed by atoms with E-state index >= 15 is 0 Å². The first kappa shape index (κ1) is 18.2. The van der Waals surface area contributed by atoms with Crippen LogP contribution in [0, 0.1) is 5.92 Å². The minimum atomic E-state index is -3.18. The summed E-state index contributed by atoms with van der Waals surface area (Å²) in [6, 6.07) is 8.07. The Morgan fingerprint density at radius 2 is 2.00 bits per heavy atom. The van der Waals surface area contributed by atoms with Gasteiger partial charge in [0.05, 0.1) is 12.4 Å². The van der Waals surface area contributed by atoms with Gasteiger partial charge in [-0.25, -0.2) is 13.1 Å². The quantitative estimate of drug-likeness (QED) is 0.798. The van der Waals surface area contributed by atoms with Crippen molar-refractivity contribution in [3.05, 3.63) is 29.8 Å². The monoisotopic (exact) mass is 340 g/mol. The third-order valence-corrected chi connectivity index (χ3v) is 5.75. The molecule has 1 aliphatic heterocycles. The lowest BCUT2D eigenvalue weighted by Gasteiger charge is -2.32. The van der Waals surface area contributed by atoms with Crippen molar-refractivity contribution in [2.24, 2.45) is 5.92 Å². The van der Waals surface area contributed by atoms with Crippen LogP contribution >= 0.6 is 0 Å². The summed E-state index contributed by atoms with van der Waals surface area (Å²) < 4.78 is 32.3. The molecule has 23 heavy (non-hydrogen) atoms. The minimum absolute atomic E-state index is 0.0591. The first-order valence-electron chi connectivity index (χ1n) is 8.34. The number of sulfonamides is 1. The Morgan fingerprint density at radius 3 is 2.61 bits per heavy atom. The summed E-state index contributed by atoms with van der Waals surface area (Å²) in [5.74, 6) is 1.58. The molecular formula is C17H28N2O3S. The molecule has 6 heteroatoms. The molecule has 1 aromatic carbocycles. The number of benzene rings is 1. The van der Waals surface area contributed by atoms with Gasteiger partial charge in [0.15, 0.2) is 0 Å². The number of piperidine rings is 1. The molecular weight excluding hydrogens is 312 g/mol. The Balaban J connectivity index is 1.94. The zero-order valence-corrected chi connectivity index (χ0v) is 15.0. The fraction of sp³-hybridized carbons (Fsp3) is 0.647. The maximum absolute atomic E-state index is 11.8. The predicted molar refractivity (Wildman–Crippen MR) is 93.4 cm³/mol. The molecule has 1 saturated heterocycles. The summed E-state index contributed by atoms with van der Waals surface area (Å²) in [7, 11) is -3.18. The molecule has 0 bridgehead atoms. The summed E-state index contributed by atoms with van der Waals surface area (Å²) in [6.07, 6.45) is 0.791. The maximum Gasteiger partial charge on any atom is 0.211 e. The number of ether oxygens (including phenoxy) is 1. The number of nitrogens with one attached hydrogen (secondary N) is 2. The Morgan fingerprint density at radius 1 is 1.30 bits per heavy atom. The van der Waals surface area contributed by atoms with Gasteiger partial charge in [-0.1, -0.05) is 26.0 Å². The lowest BCUT2D eigenvalue weighted by atomic mass is 9.95. The van der Waals surface area contributed by atoms with Gasteiger partial charge in [0.1, 0.15) is 5.75 Å². The lowest BCUT2D eigenvalue weighted by Crippen LogP contribution is -2.51. The van der Waals surface area contributed by atoms with Gasteiger partial charge in [-0.05, 0) is 43.5 Å². The maximum atomic E-state index is 11.8. The van der Waals surface area contributed by atoms with Crippen LogP contribution in [0.1, 0.15) is 38.7 Å². The molecule has 1 heterocycles. The Labute approximate surface area is 139 Å². The highest BCUT2D eigenvalue weighted by Gasteiger charge is 2.28. The van der Waals surface area contributed by atoms with Crippen LogP contribution in [-0.2, 0) is 10.0 Å². The first-order valence-corrected chi connectivity index (χ1v) is 10.00. The second kappa shape index (κ2) is 8.13. The normalized spacial score (nSPS) is 22.3. The molecule has 2 rings (SSSR count). The van der Waals surface area contributed by atoms with Gasteiger partial charge < -0.3 is 10.1 Å². The average molecular weight is 340 g/mol. The zero-order valence-electron chi connectivity index (χ0n) is 14.2. The standard InChI is InChI=1S/C17H28N2O3S/c1-4-23(20,21)19-17-9-10-18-11-15(17)12-22-16-7-5-14(6-8-16)13(2)3/h5-8,13,15,17-19H,4,9-12H2,1-3H3/t15-,17+/m1/s1. The van der Waals surface area contributed by atoms with Gasteiger partial charge in [0, 0.05) is 18.5 Å². The van der Waals surface area contributed by atoms with E-state index in [0.717, 1.165) is 25.3 Å². The molecule has 0 radical (unpaired) electrons. The minimum Gasteiger partial charge on any atom is -0.493 e. The van der Waals surface area contributed by atoms with Crippen molar-refractivity contribution in [3.8, 4) is 5.75 Å². The Hall–Kier alpha value is -1.11. The van der Waals surface area contributed by atoms with Crippen LogP contribution in [-0.4, -0.2) is 39.9 Å². The molecule has 130 valence electrons. The van der Waals surface area contributed by atoms with Gasteiger partial charge in [0.2, 0.25) is 10.0 Å². The lowest BCUT2D eigenvalue weighted by molar-refractivity contribution is 0.191. The van der Waals surface area contributed by atoms with Crippen LogP contribution in [0.5, 0.6) is 5.75 Å². The average Bonchev–Trinajstić information content (AvgIpc) is 2.54. The van der Waals surface area contributed by atoms with Crippen molar-refractivity contribution in [2.75, 3.05) is 25.4 Å². The highest BCUT2D eigenvalue weighted by Crippen LogP contribution is 2.20. The smallest absolute Gasteiger partial charge is 0.211 e. The third-order valence-electron chi connectivity index (χ3n) is 4.33. The molecule has 0 aromatic heterocycles. The summed E-state index contributed by atoms with van der Waals surface area (Å²) in [5, 5.41) is 3.31. The largest absolute Gasteiger partial charge is 0.493 e. The van der Waals surface area contributed by atoms with Crippen LogP contribution in [0.2, 0.25) is 0 Å². The van der Waals surface area contributed by atoms with Gasteiger partial charge in [-0.3, -0.25) is 0 Å². The molecule has 0 aliphatic carbocycles. The van der Waals surface area contributed by atoms with Gasteiger partial charge in [-0.15, -0.1) is 0 Å². The molecule has 1 aromatic rings. The van der Waals surface area contributed by atoms with E-state index in [1.807, 2.05) is 12.1 Å². The van der Waals surface area contributed by atoms with E-state index in [2.05, 4.69) is 36.0 Å². The van der Waals surface area contributed by atoms with Crippen molar-refractivity contribution in [1.29, 1.82) is 0 Å². The van der Waals surface area contributed by atoms with Crippen LogP contribution < -0.4 is 14.8 Å². The molecule has 0 saturated carbocycles. The first-order chi connectivity index (χ1) is 10.9. The molecule has 0 spiro atoms. The van der Waals surface area contributed by atoms with Crippen molar-refractivity contribution < 1.29 is 13.2 Å². The van der Waals surface area contributed by atoms with E-state index < -0.39 is 10.0 Å². The molecule has 2 N–H and O–H groups in total. The van der Waals surface area contributed by atoms with Gasteiger partial charge in [-0.2, -0.15) is 0 Å². The topological polar surface area (TPSA) is 67.4 Å². The summed E-state index contributed by atoms with van der Waals surface area (Å²) in [5.41, 5.74) is 1.28. The molecule has 1 fully saturated rings. The molecule has 5 nitrogen and oxygen atoms in total. The Bertz CT molecular complexity index is 584. The Kier molecular flexibility index (Phi) is 6.44. The fourth-order valence-corrected chi connectivity index (χ4v) is 3.66. The van der Waals surface area contributed by atoms with E-state index in [0.29, 0.717) is 12.5 Å². The van der Waals surface area contributed by atoms with Crippen LogP contribution in [0.4, 0.5) is 0 Å². The van der Waals surface area contributed by atoms with Crippen LogP contribution in [0.25, 0.3) is 0 Å². The third kappa shape index (κ3) is 5.48. The van der Waals surface area contributed by atoms with E-state index in [1.165, 1.54) is 5.56 Å². The van der Waals surface area contributed by atoms with Gasteiger partial charge >= 0.3 is 0 Å². The van der Waals surface area contributed by atoms with E-state index in [-0.39, 0.29) is 17.7 Å². The number of rotatable bonds is 7. The van der Waals surface area contributed by atoms with Crippen LogP contribution in [0.3, 0.4) is 0 Å². The van der Waals surface area contributed by atoms with E-state index in [9.17, 15) is 8.42 Å². The zero-order chi connectivity index (χ0) is 16.9.